The van der Waals surface area contributed by atoms with E-state index in [2.05, 4.69) is 24.3 Å². The van der Waals surface area contributed by atoms with E-state index in [9.17, 15) is 0 Å². The second-order valence-electron chi connectivity index (χ2n) is 5.27. The first-order valence-electron chi connectivity index (χ1n) is 7.23. The standard InChI is InChI=1S/C16H21NO2S/c17-9-16-14(13-3-1-2-4-15(13)20-16)11-19-10-12-5-7-18-8-6-12/h1-4,12H,5-11,17H2. The minimum atomic E-state index is 0.593. The quantitative estimate of drug-likeness (QED) is 0.919. The van der Waals surface area contributed by atoms with Gasteiger partial charge in [-0.15, -0.1) is 11.3 Å². The summed E-state index contributed by atoms with van der Waals surface area (Å²) in [6, 6.07) is 8.47. The molecule has 0 spiro atoms. The Morgan fingerprint density at radius 2 is 2.05 bits per heavy atom. The molecule has 0 saturated carbocycles. The van der Waals surface area contributed by atoms with Crippen molar-refractivity contribution in [1.82, 2.24) is 0 Å². The highest BCUT2D eigenvalue weighted by Crippen LogP contribution is 2.31. The van der Waals surface area contributed by atoms with E-state index in [0.717, 1.165) is 32.7 Å². The van der Waals surface area contributed by atoms with Crippen LogP contribution < -0.4 is 5.73 Å². The molecule has 2 heterocycles. The first kappa shape index (κ1) is 14.0. The largest absolute Gasteiger partial charge is 0.381 e. The normalized spacial score (nSPS) is 16.9. The third-order valence-corrected chi connectivity index (χ3v) is 5.14. The van der Waals surface area contributed by atoms with Crippen molar-refractivity contribution in [1.29, 1.82) is 0 Å². The molecule has 0 bridgehead atoms. The molecule has 2 aromatic rings. The zero-order valence-corrected chi connectivity index (χ0v) is 12.5. The van der Waals surface area contributed by atoms with E-state index in [4.69, 9.17) is 15.2 Å². The average Bonchev–Trinajstić information content (AvgIpc) is 2.87. The van der Waals surface area contributed by atoms with E-state index in [1.54, 1.807) is 11.3 Å². The van der Waals surface area contributed by atoms with Gasteiger partial charge >= 0.3 is 0 Å². The molecule has 1 aromatic carbocycles. The van der Waals surface area contributed by atoms with Crippen molar-refractivity contribution in [2.24, 2.45) is 11.7 Å². The summed E-state index contributed by atoms with van der Waals surface area (Å²) in [5, 5.41) is 1.30. The number of hydrogen-bond donors (Lipinski definition) is 1. The summed E-state index contributed by atoms with van der Waals surface area (Å²) >= 11 is 1.78. The van der Waals surface area contributed by atoms with Crippen molar-refractivity contribution < 1.29 is 9.47 Å². The molecule has 1 aliphatic heterocycles. The minimum Gasteiger partial charge on any atom is -0.381 e. The van der Waals surface area contributed by atoms with Crippen molar-refractivity contribution in [3.63, 3.8) is 0 Å². The van der Waals surface area contributed by atoms with Gasteiger partial charge in [-0.05, 0) is 30.2 Å². The van der Waals surface area contributed by atoms with Crippen LogP contribution in [0.15, 0.2) is 24.3 Å². The predicted octanol–water partition coefficient (Wildman–Crippen LogP) is 3.30. The topological polar surface area (TPSA) is 44.5 Å². The second-order valence-corrected chi connectivity index (χ2v) is 6.41. The smallest absolute Gasteiger partial charge is 0.0734 e. The van der Waals surface area contributed by atoms with E-state index in [0.29, 0.717) is 19.1 Å². The van der Waals surface area contributed by atoms with Gasteiger partial charge in [0, 0.05) is 34.9 Å². The third-order valence-electron chi connectivity index (χ3n) is 3.91. The Bertz CT molecular complexity index is 561. The molecule has 4 heteroatoms. The Kier molecular flexibility index (Phi) is 4.68. The van der Waals surface area contributed by atoms with Crippen LogP contribution in [0.2, 0.25) is 0 Å². The van der Waals surface area contributed by atoms with Gasteiger partial charge in [0.05, 0.1) is 13.2 Å². The molecule has 20 heavy (non-hydrogen) atoms. The van der Waals surface area contributed by atoms with Gasteiger partial charge in [0.1, 0.15) is 0 Å². The van der Waals surface area contributed by atoms with Gasteiger partial charge < -0.3 is 15.2 Å². The fourth-order valence-corrected chi connectivity index (χ4v) is 3.80. The van der Waals surface area contributed by atoms with E-state index in [-0.39, 0.29) is 0 Å². The van der Waals surface area contributed by atoms with Crippen molar-refractivity contribution in [3.05, 3.63) is 34.7 Å². The van der Waals surface area contributed by atoms with Crippen LogP contribution in [0.3, 0.4) is 0 Å². The van der Waals surface area contributed by atoms with Gasteiger partial charge in [0.2, 0.25) is 0 Å². The third kappa shape index (κ3) is 3.04. The molecule has 0 radical (unpaired) electrons. The minimum absolute atomic E-state index is 0.593. The first-order valence-corrected chi connectivity index (χ1v) is 8.05. The van der Waals surface area contributed by atoms with Crippen LogP contribution in [0.25, 0.3) is 10.1 Å². The molecule has 3 nitrogen and oxygen atoms in total. The Morgan fingerprint density at radius 1 is 1.25 bits per heavy atom. The van der Waals surface area contributed by atoms with Crippen molar-refractivity contribution in [2.75, 3.05) is 19.8 Å². The second kappa shape index (κ2) is 6.68. The number of rotatable bonds is 5. The highest BCUT2D eigenvalue weighted by molar-refractivity contribution is 7.19. The predicted molar refractivity (Wildman–Crippen MR) is 82.9 cm³/mol. The molecular weight excluding hydrogens is 270 g/mol. The lowest BCUT2D eigenvalue weighted by Gasteiger charge is -2.21. The zero-order chi connectivity index (χ0) is 13.8. The van der Waals surface area contributed by atoms with Gasteiger partial charge in [0.25, 0.3) is 0 Å². The number of hydrogen-bond acceptors (Lipinski definition) is 4. The van der Waals surface area contributed by atoms with Gasteiger partial charge in [-0.2, -0.15) is 0 Å². The monoisotopic (exact) mass is 291 g/mol. The summed E-state index contributed by atoms with van der Waals surface area (Å²) in [5.41, 5.74) is 7.15. The van der Waals surface area contributed by atoms with Crippen molar-refractivity contribution >= 4 is 21.4 Å². The molecule has 2 N–H and O–H groups in total. The Morgan fingerprint density at radius 3 is 2.85 bits per heavy atom. The molecule has 1 fully saturated rings. The molecular formula is C16H21NO2S. The van der Waals surface area contributed by atoms with E-state index >= 15 is 0 Å². The van der Waals surface area contributed by atoms with Crippen LogP contribution in [0.1, 0.15) is 23.3 Å². The van der Waals surface area contributed by atoms with Crippen LogP contribution >= 0.6 is 11.3 Å². The molecule has 0 unspecified atom stereocenters. The lowest BCUT2D eigenvalue weighted by atomic mass is 10.0. The molecule has 0 amide bonds. The maximum atomic E-state index is 5.96. The SMILES string of the molecule is NCc1sc2ccccc2c1COCC1CCOCC1. The Balaban J connectivity index is 1.66. The summed E-state index contributed by atoms with van der Waals surface area (Å²) in [6.45, 7) is 3.85. The number of thiophene rings is 1. The van der Waals surface area contributed by atoms with Crippen LogP contribution in [0.5, 0.6) is 0 Å². The molecule has 1 aromatic heterocycles. The number of ether oxygens (including phenoxy) is 2. The van der Waals surface area contributed by atoms with Crippen molar-refractivity contribution in [3.8, 4) is 0 Å². The summed E-state index contributed by atoms with van der Waals surface area (Å²) in [6.07, 6.45) is 2.24. The number of nitrogens with two attached hydrogens (primary N) is 1. The molecule has 1 aliphatic rings. The average molecular weight is 291 g/mol. The highest BCUT2D eigenvalue weighted by atomic mass is 32.1. The number of benzene rings is 1. The molecule has 0 atom stereocenters. The van der Waals surface area contributed by atoms with Gasteiger partial charge in [0.15, 0.2) is 0 Å². The van der Waals surface area contributed by atoms with Gasteiger partial charge in [-0.25, -0.2) is 0 Å². The van der Waals surface area contributed by atoms with Crippen LogP contribution in [-0.4, -0.2) is 19.8 Å². The van der Waals surface area contributed by atoms with Crippen LogP contribution in [0, 0.1) is 5.92 Å². The molecule has 108 valence electrons. The van der Waals surface area contributed by atoms with E-state index in [1.807, 2.05) is 0 Å². The fourth-order valence-electron chi connectivity index (χ4n) is 2.71. The first-order chi connectivity index (χ1) is 9.88. The maximum Gasteiger partial charge on any atom is 0.0734 e. The lowest BCUT2D eigenvalue weighted by molar-refractivity contribution is 0.0159. The summed E-state index contributed by atoms with van der Waals surface area (Å²) < 4.78 is 12.6. The fraction of sp³-hybridized carbons (Fsp3) is 0.500. The molecule has 1 saturated heterocycles. The molecule has 0 aliphatic carbocycles. The van der Waals surface area contributed by atoms with Gasteiger partial charge in [-0.1, -0.05) is 18.2 Å². The Labute approximate surface area is 123 Å². The van der Waals surface area contributed by atoms with Crippen LogP contribution in [-0.2, 0) is 22.6 Å². The lowest BCUT2D eigenvalue weighted by Crippen LogP contribution is -2.20. The summed E-state index contributed by atoms with van der Waals surface area (Å²) in [7, 11) is 0. The zero-order valence-electron chi connectivity index (χ0n) is 11.6. The van der Waals surface area contributed by atoms with Crippen molar-refractivity contribution in [2.45, 2.75) is 26.0 Å². The van der Waals surface area contributed by atoms with Gasteiger partial charge in [-0.3, -0.25) is 0 Å². The maximum absolute atomic E-state index is 5.96. The summed E-state index contributed by atoms with van der Waals surface area (Å²) in [4.78, 5) is 1.25. The molecule has 3 rings (SSSR count). The summed E-state index contributed by atoms with van der Waals surface area (Å²) in [5.74, 6) is 0.648. The Hall–Kier alpha value is -0.940. The van der Waals surface area contributed by atoms with E-state index < -0.39 is 0 Å². The van der Waals surface area contributed by atoms with E-state index in [1.165, 1.54) is 20.5 Å². The number of fused-ring (bicyclic) bond motifs is 1. The van der Waals surface area contributed by atoms with Crippen LogP contribution in [0.4, 0.5) is 0 Å². The highest BCUT2D eigenvalue weighted by Gasteiger charge is 2.15.